The maximum atomic E-state index is 5.79. The average Bonchev–Trinajstić information content (AvgIpc) is 2.57. The Morgan fingerprint density at radius 2 is 2.06 bits per heavy atom. The average molecular weight is 214 g/mol. The summed E-state index contributed by atoms with van der Waals surface area (Å²) in [7, 11) is 0. The summed E-state index contributed by atoms with van der Waals surface area (Å²) in [6.45, 7) is 3.86. The van der Waals surface area contributed by atoms with Gasteiger partial charge in [-0.25, -0.2) is 0 Å². The molecule has 1 heterocycles. The van der Waals surface area contributed by atoms with E-state index in [0.29, 0.717) is 17.1 Å². The number of aryl methyl sites for hydroxylation is 2. The molecule has 0 aliphatic carbocycles. The molecule has 0 amide bonds. The van der Waals surface area contributed by atoms with E-state index in [4.69, 9.17) is 10.3 Å². The number of nitrogens with zero attached hydrogens (tertiary/aromatic N) is 1. The van der Waals surface area contributed by atoms with E-state index in [0.717, 1.165) is 5.56 Å². The first kappa shape index (κ1) is 10.5. The molecule has 0 fully saturated rings. The van der Waals surface area contributed by atoms with Crippen LogP contribution in [0, 0.1) is 13.8 Å². The summed E-state index contributed by atoms with van der Waals surface area (Å²) in [4.78, 5) is 0. The van der Waals surface area contributed by atoms with Gasteiger partial charge in [-0.3, -0.25) is 0 Å². The third kappa shape index (κ3) is 2.14. The molecule has 0 aliphatic heterocycles. The van der Waals surface area contributed by atoms with Crippen molar-refractivity contribution in [3.05, 3.63) is 46.8 Å². The zero-order chi connectivity index (χ0) is 11.5. The van der Waals surface area contributed by atoms with E-state index in [-0.39, 0.29) is 0 Å². The molecule has 0 aliphatic rings. The fraction of sp³-hybridized carbons (Fsp3) is 0.154. The largest absolute Gasteiger partial charge is 0.394 e. The number of rotatable bonds is 2. The van der Waals surface area contributed by atoms with Crippen molar-refractivity contribution in [1.29, 1.82) is 0 Å². The molecule has 3 nitrogen and oxygen atoms in total. The number of nitrogens with two attached hydrogens (primary N) is 1. The molecule has 3 heteroatoms. The van der Waals surface area contributed by atoms with Crippen molar-refractivity contribution in [2.75, 3.05) is 5.73 Å². The van der Waals surface area contributed by atoms with E-state index in [1.807, 2.05) is 24.3 Å². The van der Waals surface area contributed by atoms with Crippen LogP contribution in [0.5, 0.6) is 0 Å². The van der Waals surface area contributed by atoms with Crippen LogP contribution in [0.3, 0.4) is 0 Å². The van der Waals surface area contributed by atoms with Gasteiger partial charge in [0, 0.05) is 0 Å². The van der Waals surface area contributed by atoms with Crippen LogP contribution in [0.25, 0.3) is 12.2 Å². The third-order valence-electron chi connectivity index (χ3n) is 2.41. The van der Waals surface area contributed by atoms with Gasteiger partial charge in [0.05, 0.1) is 0 Å². The number of hydrogen-bond donors (Lipinski definition) is 1. The van der Waals surface area contributed by atoms with Crippen molar-refractivity contribution in [2.24, 2.45) is 0 Å². The molecule has 0 atom stereocenters. The highest BCUT2D eigenvalue weighted by Crippen LogP contribution is 2.18. The van der Waals surface area contributed by atoms with Crippen LogP contribution in [0.4, 0.5) is 5.69 Å². The lowest BCUT2D eigenvalue weighted by Crippen LogP contribution is -1.86. The quantitative estimate of drug-likeness (QED) is 0.835. The van der Waals surface area contributed by atoms with Gasteiger partial charge < -0.3 is 10.3 Å². The van der Waals surface area contributed by atoms with E-state index in [1.165, 1.54) is 5.56 Å². The van der Waals surface area contributed by atoms with Gasteiger partial charge in [-0.05, 0) is 25.5 Å². The highest BCUT2D eigenvalue weighted by atomic mass is 16.5. The van der Waals surface area contributed by atoms with Gasteiger partial charge in [0.25, 0.3) is 0 Å². The summed E-state index contributed by atoms with van der Waals surface area (Å²) in [5, 5.41) is 3.87. The minimum Gasteiger partial charge on any atom is -0.394 e. The third-order valence-corrected chi connectivity index (χ3v) is 2.41. The SMILES string of the molecule is Cc1cccc(/C=C/c2noc(C)c2N)c1. The lowest BCUT2D eigenvalue weighted by molar-refractivity contribution is 0.397. The molecule has 16 heavy (non-hydrogen) atoms. The van der Waals surface area contributed by atoms with E-state index < -0.39 is 0 Å². The number of nitrogen functional groups attached to an aromatic ring is 1. The maximum Gasteiger partial charge on any atom is 0.157 e. The van der Waals surface area contributed by atoms with Gasteiger partial charge in [0.2, 0.25) is 0 Å². The maximum absolute atomic E-state index is 5.79. The number of hydrogen-bond acceptors (Lipinski definition) is 3. The summed E-state index contributed by atoms with van der Waals surface area (Å²) in [6.07, 6.45) is 3.83. The predicted molar refractivity (Wildman–Crippen MR) is 65.8 cm³/mol. The van der Waals surface area contributed by atoms with Crippen molar-refractivity contribution in [1.82, 2.24) is 5.16 Å². The lowest BCUT2D eigenvalue weighted by atomic mass is 10.1. The van der Waals surface area contributed by atoms with Crippen molar-refractivity contribution in [2.45, 2.75) is 13.8 Å². The zero-order valence-electron chi connectivity index (χ0n) is 9.40. The molecule has 0 spiro atoms. The Balaban J connectivity index is 2.24. The molecule has 0 saturated heterocycles. The van der Waals surface area contributed by atoms with Gasteiger partial charge >= 0.3 is 0 Å². The van der Waals surface area contributed by atoms with Gasteiger partial charge in [0.15, 0.2) is 5.76 Å². The molecule has 0 bridgehead atoms. The molecule has 1 aromatic heterocycles. The summed E-state index contributed by atoms with van der Waals surface area (Å²) in [5.41, 5.74) is 9.42. The Hall–Kier alpha value is -2.03. The standard InChI is InChI=1S/C13H14N2O/c1-9-4-3-5-11(8-9)6-7-12-13(14)10(2)16-15-12/h3-8H,14H2,1-2H3/b7-6+. The topological polar surface area (TPSA) is 52.0 Å². The number of anilines is 1. The van der Waals surface area contributed by atoms with Crippen molar-refractivity contribution >= 4 is 17.8 Å². The minimum atomic E-state index is 0.601. The van der Waals surface area contributed by atoms with Crippen LogP contribution >= 0.6 is 0 Å². The summed E-state index contributed by atoms with van der Waals surface area (Å²) in [6, 6.07) is 8.21. The van der Waals surface area contributed by atoms with Crippen LogP contribution < -0.4 is 5.73 Å². The van der Waals surface area contributed by atoms with Crippen LogP contribution in [0.15, 0.2) is 28.8 Å². The van der Waals surface area contributed by atoms with Crippen LogP contribution in [0.1, 0.15) is 22.6 Å². The monoisotopic (exact) mass is 214 g/mol. The fourth-order valence-electron chi connectivity index (χ4n) is 1.47. The first-order valence-corrected chi connectivity index (χ1v) is 5.13. The second kappa shape index (κ2) is 4.23. The van der Waals surface area contributed by atoms with Crippen LogP contribution in [0.2, 0.25) is 0 Å². The smallest absolute Gasteiger partial charge is 0.157 e. The van der Waals surface area contributed by atoms with Crippen LogP contribution in [-0.4, -0.2) is 5.16 Å². The molecule has 2 aromatic rings. The second-order valence-electron chi connectivity index (χ2n) is 3.79. The normalized spacial score (nSPS) is 11.1. The number of aromatic nitrogens is 1. The zero-order valence-corrected chi connectivity index (χ0v) is 9.40. The molecule has 1 aromatic carbocycles. The van der Waals surface area contributed by atoms with E-state index >= 15 is 0 Å². The molecule has 2 N–H and O–H groups in total. The van der Waals surface area contributed by atoms with Crippen LogP contribution in [-0.2, 0) is 0 Å². The lowest BCUT2D eigenvalue weighted by Gasteiger charge is -1.94. The fourth-order valence-corrected chi connectivity index (χ4v) is 1.47. The molecule has 82 valence electrons. The van der Waals surface area contributed by atoms with E-state index in [9.17, 15) is 0 Å². The number of benzene rings is 1. The Bertz CT molecular complexity index is 526. The molecule has 2 rings (SSSR count). The van der Waals surface area contributed by atoms with Gasteiger partial charge in [-0.2, -0.15) is 0 Å². The first-order valence-electron chi connectivity index (χ1n) is 5.13. The molecule has 0 saturated carbocycles. The molecule has 0 radical (unpaired) electrons. The molecular formula is C13H14N2O. The molecular weight excluding hydrogens is 200 g/mol. The van der Waals surface area contributed by atoms with Crippen molar-refractivity contribution in [3.8, 4) is 0 Å². The second-order valence-corrected chi connectivity index (χ2v) is 3.79. The Morgan fingerprint density at radius 3 is 2.69 bits per heavy atom. The highest BCUT2D eigenvalue weighted by Gasteiger charge is 2.04. The van der Waals surface area contributed by atoms with Crippen molar-refractivity contribution < 1.29 is 4.52 Å². The Labute approximate surface area is 94.6 Å². The highest BCUT2D eigenvalue weighted by molar-refractivity contribution is 5.74. The molecule has 0 unspecified atom stereocenters. The Kier molecular flexibility index (Phi) is 2.77. The predicted octanol–water partition coefficient (Wildman–Crippen LogP) is 3.04. The Morgan fingerprint density at radius 1 is 1.25 bits per heavy atom. The minimum absolute atomic E-state index is 0.601. The van der Waals surface area contributed by atoms with E-state index in [1.54, 1.807) is 6.92 Å². The van der Waals surface area contributed by atoms with Gasteiger partial charge in [-0.1, -0.05) is 41.1 Å². The first-order chi connectivity index (χ1) is 7.66. The van der Waals surface area contributed by atoms with Gasteiger partial charge in [0.1, 0.15) is 11.4 Å². The summed E-state index contributed by atoms with van der Waals surface area (Å²) in [5.74, 6) is 0.656. The van der Waals surface area contributed by atoms with E-state index in [2.05, 4.69) is 24.2 Å². The summed E-state index contributed by atoms with van der Waals surface area (Å²) < 4.78 is 4.98. The van der Waals surface area contributed by atoms with Crippen molar-refractivity contribution in [3.63, 3.8) is 0 Å². The summed E-state index contributed by atoms with van der Waals surface area (Å²) >= 11 is 0. The van der Waals surface area contributed by atoms with Gasteiger partial charge in [-0.15, -0.1) is 0 Å².